The van der Waals surface area contributed by atoms with Crippen LogP contribution in [0.2, 0.25) is 0 Å². The van der Waals surface area contributed by atoms with Gasteiger partial charge >= 0.3 is 0 Å². The highest BCUT2D eigenvalue weighted by Crippen LogP contribution is 1.99. The van der Waals surface area contributed by atoms with Crippen molar-refractivity contribution < 1.29 is 0 Å². The van der Waals surface area contributed by atoms with Gasteiger partial charge in [-0.3, -0.25) is 4.98 Å². The molecule has 4 nitrogen and oxygen atoms in total. The normalized spacial score (nSPS) is 11.4. The summed E-state index contributed by atoms with van der Waals surface area (Å²) >= 11 is 0. The zero-order valence-corrected chi connectivity index (χ0v) is 8.62. The maximum Gasteiger partial charge on any atom is 0.188 e. The first kappa shape index (κ1) is 10.5. The van der Waals surface area contributed by atoms with Crippen molar-refractivity contribution in [1.29, 1.82) is 0 Å². The summed E-state index contributed by atoms with van der Waals surface area (Å²) in [6.45, 7) is 5.26. The van der Waals surface area contributed by atoms with Crippen LogP contribution >= 0.6 is 0 Å². The molecule has 0 amide bonds. The molecular formula is C10H16N4. The minimum absolute atomic E-state index is 0.468. The Bertz CT molecular complexity index is 320. The second-order valence-corrected chi connectivity index (χ2v) is 3.00. The van der Waals surface area contributed by atoms with Crippen LogP contribution in [-0.2, 0) is 6.54 Å². The van der Waals surface area contributed by atoms with Crippen molar-refractivity contribution in [2.75, 3.05) is 6.54 Å². The van der Waals surface area contributed by atoms with Gasteiger partial charge in [-0.25, -0.2) is 4.99 Å². The Balaban J connectivity index is 2.57. The average molecular weight is 192 g/mol. The number of nitrogens with zero attached hydrogens (tertiary/aromatic N) is 2. The topological polar surface area (TPSA) is 63.3 Å². The summed E-state index contributed by atoms with van der Waals surface area (Å²) in [5, 5.41) is 2.93. The molecular weight excluding hydrogens is 176 g/mol. The van der Waals surface area contributed by atoms with Crippen molar-refractivity contribution in [3.8, 4) is 0 Å². The van der Waals surface area contributed by atoms with E-state index in [-0.39, 0.29) is 0 Å². The number of hydrogen-bond donors (Lipinski definition) is 2. The molecule has 0 atom stereocenters. The second-order valence-electron chi connectivity index (χ2n) is 3.00. The molecule has 1 aromatic heterocycles. The summed E-state index contributed by atoms with van der Waals surface area (Å²) in [6, 6.07) is 5.87. The largest absolute Gasteiger partial charge is 0.370 e. The number of aryl methyl sites for hydroxylation is 1. The van der Waals surface area contributed by atoms with Crippen LogP contribution in [-0.4, -0.2) is 17.5 Å². The molecule has 0 aliphatic carbocycles. The predicted octanol–water partition coefficient (Wildman–Crippen LogP) is 0.814. The van der Waals surface area contributed by atoms with E-state index in [0.717, 1.165) is 17.9 Å². The highest BCUT2D eigenvalue weighted by atomic mass is 15.1. The van der Waals surface area contributed by atoms with E-state index in [0.29, 0.717) is 12.5 Å². The van der Waals surface area contributed by atoms with Crippen molar-refractivity contribution >= 4 is 5.96 Å². The zero-order chi connectivity index (χ0) is 10.4. The molecule has 1 heterocycles. The fourth-order valence-electron chi connectivity index (χ4n) is 1.09. The van der Waals surface area contributed by atoms with Gasteiger partial charge in [0.2, 0.25) is 0 Å². The van der Waals surface area contributed by atoms with Crippen LogP contribution in [0.3, 0.4) is 0 Å². The summed E-state index contributed by atoms with van der Waals surface area (Å²) in [4.78, 5) is 8.46. The van der Waals surface area contributed by atoms with Gasteiger partial charge < -0.3 is 11.1 Å². The summed E-state index contributed by atoms with van der Waals surface area (Å²) in [6.07, 6.45) is 0. The molecule has 0 radical (unpaired) electrons. The number of guanidine groups is 1. The first-order chi connectivity index (χ1) is 6.72. The average Bonchev–Trinajstić information content (AvgIpc) is 2.15. The van der Waals surface area contributed by atoms with Crippen LogP contribution in [0.15, 0.2) is 23.2 Å². The SMILES string of the molecule is CCNC(N)=NCc1cccc(C)n1. The Morgan fingerprint density at radius 2 is 2.36 bits per heavy atom. The van der Waals surface area contributed by atoms with Gasteiger partial charge in [0, 0.05) is 12.2 Å². The summed E-state index contributed by atoms with van der Waals surface area (Å²) in [5.41, 5.74) is 7.52. The lowest BCUT2D eigenvalue weighted by molar-refractivity contribution is 0.906. The maximum absolute atomic E-state index is 5.58. The number of pyridine rings is 1. The van der Waals surface area contributed by atoms with Crippen molar-refractivity contribution in [2.45, 2.75) is 20.4 Å². The van der Waals surface area contributed by atoms with Gasteiger partial charge in [-0.05, 0) is 26.0 Å². The third-order valence-corrected chi connectivity index (χ3v) is 1.72. The summed E-state index contributed by atoms with van der Waals surface area (Å²) in [5.74, 6) is 0.468. The molecule has 14 heavy (non-hydrogen) atoms. The first-order valence-electron chi connectivity index (χ1n) is 4.68. The molecule has 0 unspecified atom stereocenters. The molecule has 76 valence electrons. The molecule has 0 spiro atoms. The van der Waals surface area contributed by atoms with E-state index in [9.17, 15) is 0 Å². The van der Waals surface area contributed by atoms with E-state index < -0.39 is 0 Å². The predicted molar refractivity (Wildman–Crippen MR) is 58.0 cm³/mol. The van der Waals surface area contributed by atoms with Crippen LogP contribution in [0.1, 0.15) is 18.3 Å². The number of aliphatic imine (C=N–C) groups is 1. The van der Waals surface area contributed by atoms with Crippen LogP contribution < -0.4 is 11.1 Å². The zero-order valence-electron chi connectivity index (χ0n) is 8.62. The van der Waals surface area contributed by atoms with E-state index in [1.54, 1.807) is 0 Å². The fraction of sp³-hybridized carbons (Fsp3) is 0.400. The van der Waals surface area contributed by atoms with Crippen LogP contribution in [0, 0.1) is 6.92 Å². The Labute approximate surface area is 84.3 Å². The first-order valence-corrected chi connectivity index (χ1v) is 4.68. The fourth-order valence-corrected chi connectivity index (χ4v) is 1.09. The molecule has 0 fully saturated rings. The van der Waals surface area contributed by atoms with Crippen LogP contribution in [0.4, 0.5) is 0 Å². The number of nitrogens with one attached hydrogen (secondary N) is 1. The summed E-state index contributed by atoms with van der Waals surface area (Å²) < 4.78 is 0. The molecule has 0 bridgehead atoms. The molecule has 0 aromatic carbocycles. The lowest BCUT2D eigenvalue weighted by Crippen LogP contribution is -2.31. The van der Waals surface area contributed by atoms with Gasteiger partial charge in [0.15, 0.2) is 5.96 Å². The van der Waals surface area contributed by atoms with Crippen molar-refractivity contribution in [3.63, 3.8) is 0 Å². The lowest BCUT2D eigenvalue weighted by Gasteiger charge is -2.01. The van der Waals surface area contributed by atoms with Crippen molar-refractivity contribution in [3.05, 3.63) is 29.6 Å². The van der Waals surface area contributed by atoms with Crippen molar-refractivity contribution in [2.24, 2.45) is 10.7 Å². The quantitative estimate of drug-likeness (QED) is 0.550. The van der Waals surface area contributed by atoms with Gasteiger partial charge in [-0.15, -0.1) is 0 Å². The molecule has 0 aliphatic heterocycles. The molecule has 4 heteroatoms. The van der Waals surface area contributed by atoms with Gasteiger partial charge in [-0.1, -0.05) is 6.07 Å². The molecule has 1 rings (SSSR count). The molecule has 0 aliphatic rings. The molecule has 1 aromatic rings. The molecule has 0 saturated heterocycles. The number of rotatable bonds is 3. The van der Waals surface area contributed by atoms with E-state index in [4.69, 9.17) is 5.73 Å². The molecule has 3 N–H and O–H groups in total. The van der Waals surface area contributed by atoms with Gasteiger partial charge in [-0.2, -0.15) is 0 Å². The Hall–Kier alpha value is -1.58. The van der Waals surface area contributed by atoms with Gasteiger partial charge in [0.05, 0.1) is 12.2 Å². The van der Waals surface area contributed by atoms with E-state index >= 15 is 0 Å². The second kappa shape index (κ2) is 5.21. The highest BCUT2D eigenvalue weighted by Gasteiger charge is 1.93. The summed E-state index contributed by atoms with van der Waals surface area (Å²) in [7, 11) is 0. The minimum Gasteiger partial charge on any atom is -0.370 e. The lowest BCUT2D eigenvalue weighted by atomic mass is 10.3. The highest BCUT2D eigenvalue weighted by molar-refractivity contribution is 5.77. The third-order valence-electron chi connectivity index (χ3n) is 1.72. The monoisotopic (exact) mass is 192 g/mol. The smallest absolute Gasteiger partial charge is 0.188 e. The van der Waals surface area contributed by atoms with E-state index in [1.807, 2.05) is 32.0 Å². The Morgan fingerprint density at radius 3 is 3.00 bits per heavy atom. The van der Waals surface area contributed by atoms with E-state index in [1.165, 1.54) is 0 Å². The van der Waals surface area contributed by atoms with Gasteiger partial charge in [0.25, 0.3) is 0 Å². The number of nitrogens with two attached hydrogens (primary N) is 1. The third kappa shape index (κ3) is 3.43. The Morgan fingerprint density at radius 1 is 1.57 bits per heavy atom. The van der Waals surface area contributed by atoms with E-state index in [2.05, 4.69) is 15.3 Å². The molecule has 0 saturated carbocycles. The number of hydrogen-bond acceptors (Lipinski definition) is 2. The van der Waals surface area contributed by atoms with Crippen molar-refractivity contribution in [1.82, 2.24) is 10.3 Å². The maximum atomic E-state index is 5.58. The Kier molecular flexibility index (Phi) is 3.91. The standard InChI is InChI=1S/C10H16N4/c1-3-12-10(11)13-7-9-6-4-5-8(2)14-9/h4-6H,3,7H2,1-2H3,(H3,11,12,13). The number of aromatic nitrogens is 1. The van der Waals surface area contributed by atoms with Gasteiger partial charge in [0.1, 0.15) is 0 Å². The van der Waals surface area contributed by atoms with Crippen LogP contribution in [0.5, 0.6) is 0 Å². The van der Waals surface area contributed by atoms with Crippen LogP contribution in [0.25, 0.3) is 0 Å². The minimum atomic E-state index is 0.468.